The van der Waals surface area contributed by atoms with Gasteiger partial charge < -0.3 is 10.6 Å². The van der Waals surface area contributed by atoms with Crippen molar-refractivity contribution < 1.29 is 0 Å². The van der Waals surface area contributed by atoms with Gasteiger partial charge in [-0.05, 0) is 36.7 Å². The molecule has 7 nitrogen and oxygen atoms in total. The zero-order chi connectivity index (χ0) is 11.7. The molecular formula is C10H15N7. The molecule has 7 heteroatoms. The van der Waals surface area contributed by atoms with Crippen molar-refractivity contribution in [2.24, 2.45) is 0 Å². The Morgan fingerprint density at radius 2 is 2.41 bits per heavy atom. The lowest BCUT2D eigenvalue weighted by atomic mass is 10.00. The van der Waals surface area contributed by atoms with Gasteiger partial charge in [0, 0.05) is 12.1 Å². The fourth-order valence-corrected chi connectivity index (χ4v) is 2.20. The molecule has 0 bridgehead atoms. The van der Waals surface area contributed by atoms with Gasteiger partial charge in [0.25, 0.3) is 0 Å². The summed E-state index contributed by atoms with van der Waals surface area (Å²) in [5.41, 5.74) is 0.659. The van der Waals surface area contributed by atoms with E-state index < -0.39 is 0 Å². The molecule has 0 saturated carbocycles. The van der Waals surface area contributed by atoms with E-state index in [9.17, 15) is 0 Å². The molecule has 0 aliphatic carbocycles. The Kier molecular flexibility index (Phi) is 2.60. The summed E-state index contributed by atoms with van der Waals surface area (Å²) in [5, 5.41) is 18.4. The van der Waals surface area contributed by atoms with Crippen molar-refractivity contribution in [2.75, 3.05) is 11.9 Å². The molecule has 1 aliphatic rings. The van der Waals surface area contributed by atoms with Crippen molar-refractivity contribution in [3.63, 3.8) is 0 Å². The quantitative estimate of drug-likeness (QED) is 0.764. The van der Waals surface area contributed by atoms with Crippen molar-refractivity contribution in [1.29, 1.82) is 0 Å². The Bertz CT molecular complexity index is 508. The van der Waals surface area contributed by atoms with Gasteiger partial charge in [-0.2, -0.15) is 4.52 Å². The highest BCUT2D eigenvalue weighted by molar-refractivity contribution is 5.44. The third-order valence-electron chi connectivity index (χ3n) is 3.20. The van der Waals surface area contributed by atoms with Gasteiger partial charge in [0.2, 0.25) is 0 Å². The number of hydrogen-bond acceptors (Lipinski definition) is 6. The van der Waals surface area contributed by atoms with Gasteiger partial charge in [0.05, 0.1) is 12.4 Å². The van der Waals surface area contributed by atoms with Gasteiger partial charge in [-0.3, -0.25) is 4.98 Å². The molecule has 3 rings (SSSR count). The number of anilines is 1. The molecule has 1 saturated heterocycles. The molecule has 0 amide bonds. The monoisotopic (exact) mass is 233 g/mol. The summed E-state index contributed by atoms with van der Waals surface area (Å²) >= 11 is 0. The normalized spacial score (nSPS) is 25.0. The smallest absolute Gasteiger partial charge is 0.199 e. The molecule has 2 aromatic heterocycles. The Morgan fingerprint density at radius 3 is 3.29 bits per heavy atom. The van der Waals surface area contributed by atoms with Gasteiger partial charge in [0.15, 0.2) is 11.5 Å². The van der Waals surface area contributed by atoms with Crippen molar-refractivity contribution in [3.8, 4) is 0 Å². The average molecular weight is 233 g/mol. The van der Waals surface area contributed by atoms with Crippen LogP contribution in [-0.4, -0.2) is 43.7 Å². The SMILES string of the molecule is CC1NCCCC1Nc1cncc2nnnn12. The van der Waals surface area contributed by atoms with Gasteiger partial charge in [-0.25, -0.2) is 0 Å². The first-order valence-electron chi connectivity index (χ1n) is 5.86. The largest absolute Gasteiger partial charge is 0.364 e. The summed E-state index contributed by atoms with van der Waals surface area (Å²) in [4.78, 5) is 4.13. The number of piperidine rings is 1. The lowest BCUT2D eigenvalue weighted by Crippen LogP contribution is -2.46. The first-order valence-corrected chi connectivity index (χ1v) is 5.86. The Morgan fingerprint density at radius 1 is 1.47 bits per heavy atom. The molecule has 2 unspecified atom stereocenters. The maximum absolute atomic E-state index is 4.13. The van der Waals surface area contributed by atoms with Crippen LogP contribution in [0.15, 0.2) is 12.4 Å². The Hall–Kier alpha value is -1.76. The number of rotatable bonds is 2. The molecule has 17 heavy (non-hydrogen) atoms. The van der Waals surface area contributed by atoms with Crippen LogP contribution in [0.2, 0.25) is 0 Å². The second-order valence-corrected chi connectivity index (χ2v) is 4.38. The highest BCUT2D eigenvalue weighted by Crippen LogP contribution is 2.15. The van der Waals surface area contributed by atoms with E-state index >= 15 is 0 Å². The van der Waals surface area contributed by atoms with Crippen molar-refractivity contribution in [1.82, 2.24) is 30.3 Å². The fourth-order valence-electron chi connectivity index (χ4n) is 2.20. The van der Waals surface area contributed by atoms with E-state index in [-0.39, 0.29) is 0 Å². The second kappa shape index (κ2) is 4.25. The second-order valence-electron chi connectivity index (χ2n) is 4.38. The number of aromatic nitrogens is 5. The molecule has 2 aromatic rings. The first-order chi connectivity index (χ1) is 8.34. The first kappa shape index (κ1) is 10.4. The van der Waals surface area contributed by atoms with E-state index in [1.54, 1.807) is 16.9 Å². The van der Waals surface area contributed by atoms with Crippen LogP contribution >= 0.6 is 0 Å². The molecule has 0 spiro atoms. The summed E-state index contributed by atoms with van der Waals surface area (Å²) in [7, 11) is 0. The molecule has 1 aliphatic heterocycles. The summed E-state index contributed by atoms with van der Waals surface area (Å²) < 4.78 is 1.67. The Labute approximate surface area is 98.6 Å². The molecule has 0 radical (unpaired) electrons. The summed E-state index contributed by atoms with van der Waals surface area (Å²) in [6.45, 7) is 3.27. The minimum absolute atomic E-state index is 0.389. The fraction of sp³-hybridized carbons (Fsp3) is 0.600. The molecule has 3 heterocycles. The van der Waals surface area contributed by atoms with Crippen molar-refractivity contribution >= 4 is 11.5 Å². The number of fused-ring (bicyclic) bond motifs is 1. The molecular weight excluding hydrogens is 218 g/mol. The lowest BCUT2D eigenvalue weighted by Gasteiger charge is -2.31. The predicted octanol–water partition coefficient (Wildman–Crippen LogP) is 0.0717. The third kappa shape index (κ3) is 1.93. The minimum atomic E-state index is 0.389. The highest BCUT2D eigenvalue weighted by Gasteiger charge is 2.21. The maximum Gasteiger partial charge on any atom is 0.199 e. The summed E-state index contributed by atoms with van der Waals surface area (Å²) in [5.74, 6) is 0.841. The van der Waals surface area contributed by atoms with E-state index in [4.69, 9.17) is 0 Å². The third-order valence-corrected chi connectivity index (χ3v) is 3.20. The zero-order valence-electron chi connectivity index (χ0n) is 9.67. The summed E-state index contributed by atoms with van der Waals surface area (Å²) in [6.07, 6.45) is 5.73. The van der Waals surface area contributed by atoms with Crippen LogP contribution in [0.1, 0.15) is 19.8 Å². The molecule has 2 N–H and O–H groups in total. The zero-order valence-corrected chi connectivity index (χ0v) is 9.67. The van der Waals surface area contributed by atoms with E-state index in [1.807, 2.05) is 0 Å². The van der Waals surface area contributed by atoms with Gasteiger partial charge in [-0.15, -0.1) is 5.10 Å². The number of hydrogen-bond donors (Lipinski definition) is 2. The molecule has 1 fully saturated rings. The molecule has 90 valence electrons. The van der Waals surface area contributed by atoms with Gasteiger partial charge in [0.1, 0.15) is 0 Å². The maximum atomic E-state index is 4.13. The van der Waals surface area contributed by atoms with Crippen LogP contribution in [0, 0.1) is 0 Å². The van der Waals surface area contributed by atoms with Crippen LogP contribution in [0.5, 0.6) is 0 Å². The summed E-state index contributed by atoms with van der Waals surface area (Å²) in [6, 6.07) is 0.829. The molecule has 2 atom stereocenters. The van der Waals surface area contributed by atoms with Crippen LogP contribution in [0.25, 0.3) is 5.65 Å². The Balaban J connectivity index is 1.86. The van der Waals surface area contributed by atoms with Crippen LogP contribution in [0.4, 0.5) is 5.82 Å². The topological polar surface area (TPSA) is 80.0 Å². The van der Waals surface area contributed by atoms with E-state index in [1.165, 1.54) is 6.42 Å². The van der Waals surface area contributed by atoms with Crippen LogP contribution < -0.4 is 10.6 Å². The van der Waals surface area contributed by atoms with Crippen molar-refractivity contribution in [2.45, 2.75) is 31.8 Å². The van der Waals surface area contributed by atoms with E-state index in [2.05, 4.69) is 38.1 Å². The number of nitrogens with one attached hydrogen (secondary N) is 2. The van der Waals surface area contributed by atoms with E-state index in [0.717, 1.165) is 18.8 Å². The lowest BCUT2D eigenvalue weighted by molar-refractivity contribution is 0.388. The highest BCUT2D eigenvalue weighted by atomic mass is 15.5. The number of tetrazole rings is 1. The van der Waals surface area contributed by atoms with Gasteiger partial charge in [-0.1, -0.05) is 0 Å². The van der Waals surface area contributed by atoms with E-state index in [0.29, 0.717) is 17.7 Å². The van der Waals surface area contributed by atoms with Crippen LogP contribution in [0.3, 0.4) is 0 Å². The average Bonchev–Trinajstić information content (AvgIpc) is 2.81. The minimum Gasteiger partial charge on any atom is -0.364 e. The van der Waals surface area contributed by atoms with Crippen molar-refractivity contribution in [3.05, 3.63) is 12.4 Å². The molecule has 0 aromatic carbocycles. The number of nitrogens with zero attached hydrogens (tertiary/aromatic N) is 5. The van der Waals surface area contributed by atoms with Crippen LogP contribution in [-0.2, 0) is 0 Å². The standard InChI is InChI=1S/C10H15N7/c1-7-8(3-2-4-12-7)13-9-5-11-6-10-14-15-16-17(9)10/h5-8,12-13H,2-4H2,1H3. The van der Waals surface area contributed by atoms with Gasteiger partial charge >= 0.3 is 0 Å². The predicted molar refractivity (Wildman–Crippen MR) is 62.7 cm³/mol.